The van der Waals surface area contributed by atoms with Gasteiger partial charge in [0.2, 0.25) is 0 Å². The molecule has 1 saturated heterocycles. The number of morpholine rings is 1. The van der Waals surface area contributed by atoms with Crippen molar-refractivity contribution in [2.45, 2.75) is 20.8 Å². The van der Waals surface area contributed by atoms with Crippen LogP contribution >= 0.6 is 0 Å². The third kappa shape index (κ3) is 3.68. The summed E-state index contributed by atoms with van der Waals surface area (Å²) in [5.74, 6) is 0. The molecular formula is C22H25N5O. The molecule has 0 N–H and O–H groups in total. The van der Waals surface area contributed by atoms with Gasteiger partial charge in [-0.3, -0.25) is 4.99 Å². The lowest BCUT2D eigenvalue weighted by Crippen LogP contribution is -2.36. The van der Waals surface area contributed by atoms with Gasteiger partial charge >= 0.3 is 0 Å². The summed E-state index contributed by atoms with van der Waals surface area (Å²) in [6.45, 7) is 9.19. The molecule has 1 aromatic carbocycles. The van der Waals surface area contributed by atoms with Gasteiger partial charge in [0.25, 0.3) is 0 Å². The first kappa shape index (κ1) is 18.4. The van der Waals surface area contributed by atoms with Crippen LogP contribution in [0.1, 0.15) is 18.2 Å². The topological polar surface area (TPSA) is 55.5 Å². The summed E-state index contributed by atoms with van der Waals surface area (Å²) < 4.78 is 7.41. The van der Waals surface area contributed by atoms with E-state index < -0.39 is 0 Å². The van der Waals surface area contributed by atoms with Gasteiger partial charge in [-0.1, -0.05) is 12.1 Å². The van der Waals surface area contributed by atoms with Gasteiger partial charge < -0.3 is 9.64 Å². The number of anilines is 1. The summed E-state index contributed by atoms with van der Waals surface area (Å²) in [6.07, 6.45) is 3.80. The monoisotopic (exact) mass is 375 g/mol. The minimum atomic E-state index is 0.730. The van der Waals surface area contributed by atoms with E-state index in [2.05, 4.69) is 41.1 Å². The van der Waals surface area contributed by atoms with Crippen LogP contribution in [0.4, 0.5) is 11.4 Å². The first-order valence-corrected chi connectivity index (χ1v) is 9.62. The van der Waals surface area contributed by atoms with Gasteiger partial charge in [-0.2, -0.15) is 5.10 Å². The van der Waals surface area contributed by atoms with Crippen LogP contribution in [-0.2, 0) is 4.74 Å². The minimum absolute atomic E-state index is 0.730. The van der Waals surface area contributed by atoms with Gasteiger partial charge in [0.05, 0.1) is 36.0 Å². The van der Waals surface area contributed by atoms with Crippen molar-refractivity contribution in [2.24, 2.45) is 4.99 Å². The van der Waals surface area contributed by atoms with Crippen LogP contribution in [0.15, 0.2) is 47.6 Å². The summed E-state index contributed by atoms with van der Waals surface area (Å²) in [4.78, 5) is 11.7. The van der Waals surface area contributed by atoms with E-state index in [0.717, 1.165) is 60.4 Å². The molecule has 0 radical (unpaired) electrons. The highest BCUT2D eigenvalue weighted by atomic mass is 16.5. The second-order valence-electron chi connectivity index (χ2n) is 6.93. The highest BCUT2D eigenvalue weighted by molar-refractivity contribution is 5.78. The fourth-order valence-electron chi connectivity index (χ4n) is 3.49. The Kier molecular flexibility index (Phi) is 5.21. The number of hydrogen-bond acceptors (Lipinski definition) is 5. The minimum Gasteiger partial charge on any atom is -0.378 e. The fourth-order valence-corrected chi connectivity index (χ4v) is 3.49. The van der Waals surface area contributed by atoms with E-state index in [1.165, 1.54) is 5.56 Å². The molecule has 0 bridgehead atoms. The molecule has 2 aromatic heterocycles. The lowest BCUT2D eigenvalue weighted by atomic mass is 10.1. The highest BCUT2D eigenvalue weighted by Gasteiger charge is 2.19. The molecule has 0 amide bonds. The number of hydrogen-bond donors (Lipinski definition) is 0. The first-order chi connectivity index (χ1) is 13.7. The predicted molar refractivity (Wildman–Crippen MR) is 113 cm³/mol. The van der Waals surface area contributed by atoms with Crippen LogP contribution in [0.3, 0.4) is 0 Å². The van der Waals surface area contributed by atoms with Gasteiger partial charge in [-0.05, 0) is 50.6 Å². The quantitative estimate of drug-likeness (QED) is 0.644. The van der Waals surface area contributed by atoms with Crippen molar-refractivity contribution in [1.29, 1.82) is 0 Å². The third-order valence-corrected chi connectivity index (χ3v) is 4.87. The zero-order valence-electron chi connectivity index (χ0n) is 16.6. The maximum absolute atomic E-state index is 5.52. The molecule has 6 heteroatoms. The van der Waals surface area contributed by atoms with Gasteiger partial charge in [0.1, 0.15) is 11.4 Å². The number of pyridine rings is 1. The van der Waals surface area contributed by atoms with Crippen molar-refractivity contribution in [3.63, 3.8) is 0 Å². The Morgan fingerprint density at radius 1 is 1.07 bits per heavy atom. The smallest absolute Gasteiger partial charge is 0.111 e. The fraction of sp³-hybridized carbons (Fsp3) is 0.318. The van der Waals surface area contributed by atoms with Gasteiger partial charge in [0, 0.05) is 25.5 Å². The Hall–Kier alpha value is -2.99. The lowest BCUT2D eigenvalue weighted by molar-refractivity contribution is 0.123. The maximum Gasteiger partial charge on any atom is 0.111 e. The van der Waals surface area contributed by atoms with Crippen LogP contribution in [0.5, 0.6) is 0 Å². The zero-order valence-corrected chi connectivity index (χ0v) is 16.6. The molecule has 1 fully saturated rings. The third-order valence-electron chi connectivity index (χ3n) is 4.87. The van der Waals surface area contributed by atoms with Crippen LogP contribution in [0.2, 0.25) is 0 Å². The average Bonchev–Trinajstić information content (AvgIpc) is 3.20. The molecule has 0 spiro atoms. The highest BCUT2D eigenvalue weighted by Crippen LogP contribution is 2.35. The number of rotatable bonds is 4. The molecule has 1 aliphatic heterocycles. The molecular weight excluding hydrogens is 350 g/mol. The Morgan fingerprint density at radius 2 is 1.89 bits per heavy atom. The van der Waals surface area contributed by atoms with Crippen molar-refractivity contribution < 1.29 is 4.74 Å². The summed E-state index contributed by atoms with van der Waals surface area (Å²) in [7, 11) is 0. The Morgan fingerprint density at radius 3 is 2.64 bits per heavy atom. The number of ether oxygens (including phenoxy) is 1. The van der Waals surface area contributed by atoms with E-state index >= 15 is 0 Å². The van der Waals surface area contributed by atoms with Crippen LogP contribution in [-0.4, -0.2) is 47.3 Å². The molecule has 144 valence electrons. The van der Waals surface area contributed by atoms with Crippen molar-refractivity contribution in [2.75, 3.05) is 31.2 Å². The summed E-state index contributed by atoms with van der Waals surface area (Å²) in [5, 5.41) is 4.77. The molecule has 4 rings (SSSR count). The molecule has 3 heterocycles. The number of nitrogens with zero attached hydrogens (tertiary/aromatic N) is 5. The standard InChI is InChI=1S/C22H25N5O/c1-4-23-22-17(3)24-20(15-21(22)26-10-12-28-13-11-26)19-8-9-27(25-19)18-7-5-6-16(2)14-18/h4-9,14-15H,10-13H2,1-3H3. The maximum atomic E-state index is 5.52. The molecule has 28 heavy (non-hydrogen) atoms. The van der Waals surface area contributed by atoms with E-state index in [1.807, 2.05) is 43.1 Å². The van der Waals surface area contributed by atoms with Crippen molar-refractivity contribution in [3.8, 4) is 17.1 Å². The predicted octanol–water partition coefficient (Wildman–Crippen LogP) is 4.11. The van der Waals surface area contributed by atoms with Crippen LogP contribution < -0.4 is 4.90 Å². The number of aliphatic imine (C=N–C) groups is 1. The zero-order chi connectivity index (χ0) is 19.5. The van der Waals surface area contributed by atoms with E-state index in [1.54, 1.807) is 0 Å². The van der Waals surface area contributed by atoms with Crippen molar-refractivity contribution in [3.05, 3.63) is 53.9 Å². The Balaban J connectivity index is 1.75. The number of aromatic nitrogens is 3. The second-order valence-corrected chi connectivity index (χ2v) is 6.93. The second kappa shape index (κ2) is 7.94. The Bertz CT molecular complexity index is 1000. The molecule has 0 saturated carbocycles. The van der Waals surface area contributed by atoms with Crippen LogP contribution in [0.25, 0.3) is 17.1 Å². The lowest BCUT2D eigenvalue weighted by Gasteiger charge is -2.30. The molecule has 0 unspecified atom stereocenters. The molecule has 0 atom stereocenters. The van der Waals surface area contributed by atoms with E-state index in [0.29, 0.717) is 0 Å². The summed E-state index contributed by atoms with van der Waals surface area (Å²) in [5.41, 5.74) is 6.89. The van der Waals surface area contributed by atoms with Crippen molar-refractivity contribution in [1.82, 2.24) is 14.8 Å². The average molecular weight is 375 g/mol. The largest absolute Gasteiger partial charge is 0.378 e. The Labute approximate surface area is 165 Å². The SMILES string of the molecule is CC=Nc1c(N2CCOCC2)cc(-c2ccn(-c3cccc(C)c3)n2)nc1C. The van der Waals surface area contributed by atoms with E-state index in [-0.39, 0.29) is 0 Å². The number of benzene rings is 1. The molecule has 6 nitrogen and oxygen atoms in total. The van der Waals surface area contributed by atoms with E-state index in [4.69, 9.17) is 14.8 Å². The van der Waals surface area contributed by atoms with Gasteiger partial charge in [-0.15, -0.1) is 0 Å². The molecule has 3 aromatic rings. The molecule has 0 aliphatic carbocycles. The number of aryl methyl sites for hydroxylation is 2. The summed E-state index contributed by atoms with van der Waals surface area (Å²) >= 11 is 0. The van der Waals surface area contributed by atoms with E-state index in [9.17, 15) is 0 Å². The molecule has 1 aliphatic rings. The van der Waals surface area contributed by atoms with Crippen molar-refractivity contribution >= 4 is 17.6 Å². The van der Waals surface area contributed by atoms with Gasteiger partial charge in [0.15, 0.2) is 0 Å². The first-order valence-electron chi connectivity index (χ1n) is 9.62. The van der Waals surface area contributed by atoms with Gasteiger partial charge in [-0.25, -0.2) is 9.67 Å². The van der Waals surface area contributed by atoms with Crippen LogP contribution in [0, 0.1) is 13.8 Å². The summed E-state index contributed by atoms with van der Waals surface area (Å²) in [6, 6.07) is 12.4. The normalized spacial score (nSPS) is 14.8.